The van der Waals surface area contributed by atoms with Gasteiger partial charge in [-0.25, -0.2) is 0 Å². The Morgan fingerprint density at radius 2 is 2.25 bits per heavy atom. The van der Waals surface area contributed by atoms with E-state index in [2.05, 4.69) is 43.2 Å². The average molecular weight is 310 g/mol. The monoisotopic (exact) mass is 309 g/mol. The van der Waals surface area contributed by atoms with E-state index < -0.39 is 0 Å². The average Bonchev–Trinajstić information content (AvgIpc) is 2.78. The number of rotatable bonds is 6. The fourth-order valence-electron chi connectivity index (χ4n) is 2.10. The fourth-order valence-corrected chi connectivity index (χ4v) is 3.36. The molecule has 2 aromatic rings. The zero-order chi connectivity index (χ0) is 14.5. The van der Waals surface area contributed by atoms with Crippen LogP contribution in [0.5, 0.6) is 0 Å². The topological polar surface area (TPSA) is 43.8 Å². The minimum Gasteiger partial charge on any atom is -0.322 e. The molecule has 1 atom stereocenters. The summed E-state index contributed by atoms with van der Waals surface area (Å²) in [7, 11) is 0. The molecule has 0 aliphatic heterocycles. The summed E-state index contributed by atoms with van der Waals surface area (Å²) in [6, 6.07) is 8.33. The van der Waals surface area contributed by atoms with Crippen LogP contribution in [0, 0.1) is 6.92 Å². The van der Waals surface area contributed by atoms with Gasteiger partial charge in [-0.05, 0) is 25.5 Å². The van der Waals surface area contributed by atoms with Gasteiger partial charge >= 0.3 is 0 Å². The van der Waals surface area contributed by atoms with Crippen LogP contribution in [0.4, 0.5) is 0 Å². The highest BCUT2D eigenvalue weighted by atomic mass is 35.5. The smallest absolute Gasteiger partial charge is 0.0834 e. The number of thioether (sulfide) groups is 1. The second-order valence-corrected chi connectivity index (χ2v) is 6.34. The summed E-state index contributed by atoms with van der Waals surface area (Å²) in [6.45, 7) is 5.06. The molecular weight excluding hydrogens is 290 g/mol. The molecular formula is C15H20ClN3S. The number of nitrogens with zero attached hydrogens (tertiary/aromatic N) is 2. The Morgan fingerprint density at radius 1 is 1.45 bits per heavy atom. The van der Waals surface area contributed by atoms with Crippen molar-refractivity contribution < 1.29 is 0 Å². The van der Waals surface area contributed by atoms with Crippen molar-refractivity contribution in [2.24, 2.45) is 5.73 Å². The highest BCUT2D eigenvalue weighted by molar-refractivity contribution is 7.99. The molecule has 3 nitrogen and oxygen atoms in total. The maximum atomic E-state index is 6.29. The first-order valence-corrected chi connectivity index (χ1v) is 8.14. The number of hydrogen-bond acceptors (Lipinski definition) is 3. The molecule has 0 aliphatic carbocycles. The van der Waals surface area contributed by atoms with Gasteiger partial charge < -0.3 is 5.73 Å². The normalized spacial score (nSPS) is 12.6. The van der Waals surface area contributed by atoms with Gasteiger partial charge in [0.25, 0.3) is 0 Å². The van der Waals surface area contributed by atoms with Gasteiger partial charge in [-0.2, -0.15) is 5.10 Å². The molecule has 2 rings (SSSR count). The van der Waals surface area contributed by atoms with Crippen LogP contribution in [0.2, 0.25) is 5.02 Å². The highest BCUT2D eigenvalue weighted by Crippen LogP contribution is 2.27. The van der Waals surface area contributed by atoms with Crippen molar-refractivity contribution >= 4 is 23.4 Å². The molecule has 1 unspecified atom stereocenters. The summed E-state index contributed by atoms with van der Waals surface area (Å²) in [4.78, 5) is 1.23. The van der Waals surface area contributed by atoms with Gasteiger partial charge in [0.05, 0.1) is 23.0 Å². The van der Waals surface area contributed by atoms with Crippen molar-refractivity contribution in [2.75, 3.05) is 5.75 Å². The molecule has 108 valence electrons. The van der Waals surface area contributed by atoms with E-state index in [1.54, 1.807) is 18.0 Å². The van der Waals surface area contributed by atoms with Crippen LogP contribution in [0.3, 0.4) is 0 Å². The van der Waals surface area contributed by atoms with Crippen LogP contribution in [-0.2, 0) is 6.54 Å². The van der Waals surface area contributed by atoms with E-state index in [9.17, 15) is 0 Å². The molecule has 2 N–H and O–H groups in total. The molecule has 0 amide bonds. The van der Waals surface area contributed by atoms with Gasteiger partial charge in [-0.15, -0.1) is 11.8 Å². The third-order valence-corrected chi connectivity index (χ3v) is 4.44. The number of benzene rings is 1. The van der Waals surface area contributed by atoms with Crippen LogP contribution in [-0.4, -0.2) is 15.5 Å². The van der Waals surface area contributed by atoms with Crippen molar-refractivity contribution in [3.05, 3.63) is 46.7 Å². The van der Waals surface area contributed by atoms with Crippen LogP contribution in [0.1, 0.15) is 30.6 Å². The van der Waals surface area contributed by atoms with Gasteiger partial charge in [-0.3, -0.25) is 4.68 Å². The Labute approximate surface area is 129 Å². The molecule has 1 aromatic heterocycles. The van der Waals surface area contributed by atoms with E-state index in [1.165, 1.54) is 10.5 Å². The van der Waals surface area contributed by atoms with Crippen molar-refractivity contribution in [2.45, 2.75) is 37.8 Å². The van der Waals surface area contributed by atoms with Gasteiger partial charge in [-0.1, -0.05) is 36.2 Å². The number of halogens is 1. The molecule has 0 radical (unpaired) electrons. The Hall–Kier alpha value is -0.970. The summed E-state index contributed by atoms with van der Waals surface area (Å²) >= 11 is 7.96. The molecule has 0 fully saturated rings. The Kier molecular flexibility index (Phi) is 5.52. The highest BCUT2D eigenvalue weighted by Gasteiger charge is 2.16. The predicted molar refractivity (Wildman–Crippen MR) is 86.4 cm³/mol. The third kappa shape index (κ3) is 3.78. The molecule has 0 aliphatic rings. The predicted octanol–water partition coefficient (Wildman–Crippen LogP) is 4.05. The minimum atomic E-state index is -0.109. The summed E-state index contributed by atoms with van der Waals surface area (Å²) in [5, 5.41) is 4.95. The van der Waals surface area contributed by atoms with Gasteiger partial charge in [0.1, 0.15) is 0 Å². The molecule has 20 heavy (non-hydrogen) atoms. The van der Waals surface area contributed by atoms with Crippen LogP contribution >= 0.6 is 23.4 Å². The Bertz CT molecular complexity index is 568. The number of aromatic nitrogens is 2. The van der Waals surface area contributed by atoms with Crippen molar-refractivity contribution in [1.29, 1.82) is 0 Å². The van der Waals surface area contributed by atoms with Crippen molar-refractivity contribution in [3.8, 4) is 0 Å². The van der Waals surface area contributed by atoms with Crippen LogP contribution < -0.4 is 5.73 Å². The first kappa shape index (κ1) is 15.4. The number of aryl methyl sites for hydroxylation is 2. The lowest BCUT2D eigenvalue weighted by atomic mass is 10.2. The number of hydrogen-bond donors (Lipinski definition) is 1. The van der Waals surface area contributed by atoms with Gasteiger partial charge in [0, 0.05) is 17.2 Å². The Balaban J connectivity index is 2.05. The summed E-state index contributed by atoms with van der Waals surface area (Å²) in [5.41, 5.74) is 8.49. The van der Waals surface area contributed by atoms with E-state index in [1.807, 2.05) is 4.68 Å². The second-order valence-electron chi connectivity index (χ2n) is 4.83. The van der Waals surface area contributed by atoms with E-state index in [0.717, 1.165) is 24.4 Å². The lowest BCUT2D eigenvalue weighted by molar-refractivity contribution is 0.554. The lowest BCUT2D eigenvalue weighted by Gasteiger charge is -2.14. The first-order valence-electron chi connectivity index (χ1n) is 6.78. The molecule has 0 bridgehead atoms. The van der Waals surface area contributed by atoms with E-state index >= 15 is 0 Å². The van der Waals surface area contributed by atoms with Crippen LogP contribution in [0.15, 0.2) is 35.4 Å². The SMILES string of the molecule is CCCn1ncc(Cl)c1C(N)CSc1cccc(C)c1. The molecule has 1 aromatic carbocycles. The lowest BCUT2D eigenvalue weighted by Crippen LogP contribution is -2.19. The zero-order valence-corrected chi connectivity index (χ0v) is 13.4. The van der Waals surface area contributed by atoms with Crippen molar-refractivity contribution in [1.82, 2.24) is 9.78 Å². The summed E-state index contributed by atoms with van der Waals surface area (Å²) in [6.07, 6.45) is 2.70. The van der Waals surface area contributed by atoms with E-state index in [0.29, 0.717) is 5.02 Å². The molecule has 5 heteroatoms. The quantitative estimate of drug-likeness (QED) is 0.819. The third-order valence-electron chi connectivity index (χ3n) is 3.04. The van der Waals surface area contributed by atoms with Gasteiger partial charge in [0.15, 0.2) is 0 Å². The molecule has 0 saturated carbocycles. The maximum Gasteiger partial charge on any atom is 0.0834 e. The van der Waals surface area contributed by atoms with E-state index in [-0.39, 0.29) is 6.04 Å². The maximum absolute atomic E-state index is 6.29. The standard InChI is InChI=1S/C15H20ClN3S/c1-3-7-19-15(13(16)9-18-19)14(17)10-20-12-6-4-5-11(2)8-12/h4-6,8-9,14H,3,7,10,17H2,1-2H3. The largest absolute Gasteiger partial charge is 0.322 e. The summed E-state index contributed by atoms with van der Waals surface area (Å²) < 4.78 is 1.92. The van der Waals surface area contributed by atoms with E-state index in [4.69, 9.17) is 17.3 Å². The minimum absolute atomic E-state index is 0.109. The summed E-state index contributed by atoms with van der Waals surface area (Å²) in [5.74, 6) is 0.790. The number of nitrogens with two attached hydrogens (primary N) is 1. The first-order chi connectivity index (χ1) is 9.61. The molecule has 0 spiro atoms. The van der Waals surface area contributed by atoms with Crippen molar-refractivity contribution in [3.63, 3.8) is 0 Å². The van der Waals surface area contributed by atoms with Gasteiger partial charge in [0.2, 0.25) is 0 Å². The fraction of sp³-hybridized carbons (Fsp3) is 0.400. The van der Waals surface area contributed by atoms with Crippen LogP contribution in [0.25, 0.3) is 0 Å². The molecule has 0 saturated heterocycles. The Morgan fingerprint density at radius 3 is 2.95 bits per heavy atom. The zero-order valence-electron chi connectivity index (χ0n) is 11.8. The molecule has 1 heterocycles. The second kappa shape index (κ2) is 7.16.